The number of allylic oxidation sites excluding steroid dienone is 10. The topological polar surface area (TPSA) is 61.8 Å². The minimum atomic E-state index is -0.546. The van der Waals surface area contributed by atoms with Gasteiger partial charge >= 0.3 is 11.9 Å². The van der Waals surface area contributed by atoms with Gasteiger partial charge in [0.1, 0.15) is 6.61 Å². The first-order valence-corrected chi connectivity index (χ1v) is 24.8. The first-order valence-electron chi connectivity index (χ1n) is 24.8. The Morgan fingerprint density at radius 2 is 0.776 bits per heavy atom. The Kier molecular flexibility index (Phi) is 46.9. The van der Waals surface area contributed by atoms with Crippen molar-refractivity contribution in [1.82, 2.24) is 0 Å². The van der Waals surface area contributed by atoms with Gasteiger partial charge in [0, 0.05) is 19.4 Å². The van der Waals surface area contributed by atoms with Crippen LogP contribution >= 0.6 is 0 Å². The normalized spacial score (nSPS) is 12.7. The van der Waals surface area contributed by atoms with E-state index in [4.69, 9.17) is 14.2 Å². The Balaban J connectivity index is 4.20. The van der Waals surface area contributed by atoms with Crippen molar-refractivity contribution in [3.05, 3.63) is 60.8 Å². The lowest BCUT2D eigenvalue weighted by molar-refractivity contribution is -0.163. The zero-order chi connectivity index (χ0) is 42.1. The van der Waals surface area contributed by atoms with Crippen LogP contribution in [0.15, 0.2) is 60.8 Å². The maximum atomic E-state index is 12.7. The SMILES string of the molecule is CC/C=C\C/C=C\C/C=C\CCCCCCOCC(COC(=O)CCCCCCCCCCC/C=C\C/C=C\CCCCC)OC(=O)CCCCCCCCCCC. The average Bonchev–Trinajstić information content (AvgIpc) is 3.22. The second-order valence-electron chi connectivity index (χ2n) is 16.3. The molecule has 0 heterocycles. The fourth-order valence-electron chi connectivity index (χ4n) is 6.85. The van der Waals surface area contributed by atoms with E-state index < -0.39 is 6.10 Å². The van der Waals surface area contributed by atoms with E-state index in [-0.39, 0.29) is 25.2 Å². The van der Waals surface area contributed by atoms with Crippen LogP contribution in [0.4, 0.5) is 0 Å². The highest BCUT2D eigenvalue weighted by Crippen LogP contribution is 2.14. The molecule has 336 valence electrons. The standard InChI is InChI=1S/C53H94O5/c1-4-7-10-13-16-19-21-23-25-26-27-28-29-30-32-35-37-40-43-46-52(54)57-50-51(58-53(55)47-44-41-38-34-18-15-12-9-6-3)49-56-48-45-42-39-36-33-31-24-22-20-17-14-11-8-5-2/h8,11,16-17,19-20,23-25,31,51H,4-7,9-10,12-15,18,21-22,26-30,32-50H2,1-3H3/b11-8-,19-16-,20-17-,25-23-,31-24-. The second kappa shape index (κ2) is 49.0. The van der Waals surface area contributed by atoms with Crippen LogP contribution in [0.3, 0.4) is 0 Å². The van der Waals surface area contributed by atoms with Crippen molar-refractivity contribution in [2.75, 3.05) is 19.8 Å². The summed E-state index contributed by atoms with van der Waals surface area (Å²) < 4.78 is 17.3. The van der Waals surface area contributed by atoms with Gasteiger partial charge in [-0.2, -0.15) is 0 Å². The molecule has 0 aliphatic heterocycles. The summed E-state index contributed by atoms with van der Waals surface area (Å²) in [5, 5.41) is 0. The van der Waals surface area contributed by atoms with E-state index in [0.717, 1.165) is 70.6 Å². The Morgan fingerprint density at radius 3 is 1.28 bits per heavy atom. The molecule has 5 nitrogen and oxygen atoms in total. The molecule has 58 heavy (non-hydrogen) atoms. The Hall–Kier alpha value is -2.40. The van der Waals surface area contributed by atoms with Gasteiger partial charge in [0.15, 0.2) is 6.10 Å². The van der Waals surface area contributed by atoms with E-state index in [9.17, 15) is 9.59 Å². The highest BCUT2D eigenvalue weighted by atomic mass is 16.6. The van der Waals surface area contributed by atoms with Gasteiger partial charge in [-0.15, -0.1) is 0 Å². The zero-order valence-electron chi connectivity index (χ0n) is 38.6. The van der Waals surface area contributed by atoms with Crippen molar-refractivity contribution in [2.45, 2.75) is 245 Å². The van der Waals surface area contributed by atoms with Crippen LogP contribution in [-0.4, -0.2) is 37.9 Å². The van der Waals surface area contributed by atoms with E-state index in [1.165, 1.54) is 135 Å². The molecule has 0 aromatic heterocycles. The summed E-state index contributed by atoms with van der Waals surface area (Å²) in [5.74, 6) is -0.413. The summed E-state index contributed by atoms with van der Waals surface area (Å²) in [6.07, 6.45) is 60.8. The van der Waals surface area contributed by atoms with Gasteiger partial charge in [0.2, 0.25) is 0 Å². The highest BCUT2D eigenvalue weighted by molar-refractivity contribution is 5.70. The van der Waals surface area contributed by atoms with Gasteiger partial charge < -0.3 is 14.2 Å². The molecule has 0 aliphatic carbocycles. The van der Waals surface area contributed by atoms with Gasteiger partial charge in [-0.3, -0.25) is 9.59 Å². The van der Waals surface area contributed by atoms with E-state index in [0.29, 0.717) is 19.4 Å². The van der Waals surface area contributed by atoms with Crippen LogP contribution in [0.1, 0.15) is 239 Å². The van der Waals surface area contributed by atoms with Crippen LogP contribution in [-0.2, 0) is 23.8 Å². The predicted molar refractivity (Wildman–Crippen MR) is 251 cm³/mol. The molecule has 0 N–H and O–H groups in total. The summed E-state index contributed by atoms with van der Waals surface area (Å²) >= 11 is 0. The van der Waals surface area contributed by atoms with Crippen LogP contribution in [0, 0.1) is 0 Å². The summed E-state index contributed by atoms with van der Waals surface area (Å²) in [4.78, 5) is 25.3. The third kappa shape index (κ3) is 46.3. The lowest BCUT2D eigenvalue weighted by atomic mass is 10.1. The van der Waals surface area contributed by atoms with E-state index >= 15 is 0 Å². The third-order valence-corrected chi connectivity index (χ3v) is 10.5. The van der Waals surface area contributed by atoms with E-state index in [1.54, 1.807) is 0 Å². The minimum absolute atomic E-state index is 0.0747. The van der Waals surface area contributed by atoms with Crippen molar-refractivity contribution in [3.8, 4) is 0 Å². The number of rotatable bonds is 45. The molecule has 0 spiro atoms. The molecule has 0 aliphatic rings. The third-order valence-electron chi connectivity index (χ3n) is 10.5. The molecule has 0 aromatic rings. The monoisotopic (exact) mass is 811 g/mol. The molecule has 0 saturated heterocycles. The Labute approximate surface area is 360 Å². The molecule has 0 bridgehead atoms. The van der Waals surface area contributed by atoms with Crippen LogP contribution < -0.4 is 0 Å². The van der Waals surface area contributed by atoms with Crippen molar-refractivity contribution < 1.29 is 23.8 Å². The number of hydrogen-bond acceptors (Lipinski definition) is 5. The number of hydrogen-bond donors (Lipinski definition) is 0. The first kappa shape index (κ1) is 55.6. The quantitative estimate of drug-likeness (QED) is 0.0348. The molecule has 0 aromatic carbocycles. The molecule has 0 amide bonds. The molecular weight excluding hydrogens is 717 g/mol. The van der Waals surface area contributed by atoms with Gasteiger partial charge in [-0.25, -0.2) is 0 Å². The molecule has 0 rings (SSSR count). The average molecular weight is 811 g/mol. The second-order valence-corrected chi connectivity index (χ2v) is 16.3. The molecule has 0 saturated carbocycles. The fourth-order valence-corrected chi connectivity index (χ4v) is 6.85. The summed E-state index contributed by atoms with van der Waals surface area (Å²) in [7, 11) is 0. The summed E-state index contributed by atoms with van der Waals surface area (Å²) in [5.41, 5.74) is 0. The van der Waals surface area contributed by atoms with Crippen LogP contribution in [0.25, 0.3) is 0 Å². The summed E-state index contributed by atoms with van der Waals surface area (Å²) in [6, 6.07) is 0. The van der Waals surface area contributed by atoms with Crippen molar-refractivity contribution in [2.24, 2.45) is 0 Å². The zero-order valence-corrected chi connectivity index (χ0v) is 38.6. The largest absolute Gasteiger partial charge is 0.462 e. The van der Waals surface area contributed by atoms with Crippen LogP contribution in [0.2, 0.25) is 0 Å². The molecule has 1 atom stereocenters. The number of carbonyl (C=O) groups is 2. The van der Waals surface area contributed by atoms with Gasteiger partial charge in [0.05, 0.1) is 6.61 Å². The smallest absolute Gasteiger partial charge is 0.306 e. The maximum absolute atomic E-state index is 12.7. The lowest BCUT2D eigenvalue weighted by Crippen LogP contribution is -2.30. The lowest BCUT2D eigenvalue weighted by Gasteiger charge is -2.18. The number of esters is 2. The van der Waals surface area contributed by atoms with Crippen molar-refractivity contribution in [1.29, 1.82) is 0 Å². The Morgan fingerprint density at radius 1 is 0.397 bits per heavy atom. The first-order chi connectivity index (χ1) is 28.6. The number of ether oxygens (including phenoxy) is 3. The predicted octanol–water partition coefficient (Wildman–Crippen LogP) is 16.6. The van der Waals surface area contributed by atoms with Gasteiger partial charge in [-0.05, 0) is 83.5 Å². The van der Waals surface area contributed by atoms with E-state index in [2.05, 4.69) is 81.5 Å². The molecule has 5 heteroatoms. The summed E-state index contributed by atoms with van der Waals surface area (Å²) in [6.45, 7) is 7.64. The van der Waals surface area contributed by atoms with Gasteiger partial charge in [0.25, 0.3) is 0 Å². The minimum Gasteiger partial charge on any atom is -0.462 e. The maximum Gasteiger partial charge on any atom is 0.306 e. The molecule has 1 unspecified atom stereocenters. The molecule has 0 radical (unpaired) electrons. The molecular formula is C53H94O5. The van der Waals surface area contributed by atoms with Crippen LogP contribution in [0.5, 0.6) is 0 Å². The van der Waals surface area contributed by atoms with Crippen molar-refractivity contribution >= 4 is 11.9 Å². The molecule has 0 fully saturated rings. The Bertz CT molecular complexity index is 1010. The van der Waals surface area contributed by atoms with Gasteiger partial charge in [-0.1, -0.05) is 204 Å². The van der Waals surface area contributed by atoms with Crippen molar-refractivity contribution in [3.63, 3.8) is 0 Å². The van der Waals surface area contributed by atoms with E-state index in [1.807, 2.05) is 0 Å². The number of unbranched alkanes of at least 4 members (excludes halogenated alkanes) is 24. The fraction of sp³-hybridized carbons (Fsp3) is 0.774. The highest BCUT2D eigenvalue weighted by Gasteiger charge is 2.17. The number of carbonyl (C=O) groups excluding carboxylic acids is 2.